The summed E-state index contributed by atoms with van der Waals surface area (Å²) in [4.78, 5) is 5.01. The molecule has 0 radical (unpaired) electrons. The van der Waals surface area contributed by atoms with E-state index in [0.29, 0.717) is 17.2 Å². The number of benzene rings is 3. The maximum absolute atomic E-state index is 13.0. The van der Waals surface area contributed by atoms with E-state index in [4.69, 9.17) is 16.6 Å². The molecule has 0 bridgehead atoms. The summed E-state index contributed by atoms with van der Waals surface area (Å²) < 4.78 is 31.2. The highest BCUT2D eigenvalue weighted by atomic mass is 79.9. The summed E-state index contributed by atoms with van der Waals surface area (Å²) in [6, 6.07) is 24.4. The first-order valence-corrected chi connectivity index (χ1v) is 15.9. The fourth-order valence-corrected chi connectivity index (χ4v) is 6.06. The fraction of sp³-hybridized carbons (Fsp3) is 0.226. The number of anilines is 1. The van der Waals surface area contributed by atoms with Gasteiger partial charge in [-0.25, -0.2) is 18.1 Å². The molecule has 0 spiro atoms. The summed E-state index contributed by atoms with van der Waals surface area (Å²) in [5.74, 6) is 0.747. The molecule has 0 unspecified atom stereocenters. The minimum absolute atomic E-state index is 0.00366. The Hall–Kier alpha value is -3.24. The molecule has 5 aromatic rings. The minimum Gasteiger partial charge on any atom is -0.366 e. The van der Waals surface area contributed by atoms with Crippen LogP contribution in [-0.2, 0) is 28.5 Å². The Bertz CT molecular complexity index is 1800. The molecule has 0 saturated heterocycles. The molecule has 2 heterocycles. The van der Waals surface area contributed by atoms with Crippen LogP contribution in [-0.4, -0.2) is 23.0 Å². The number of nitrogens with zero attached hydrogens (tertiary/aromatic N) is 3. The van der Waals surface area contributed by atoms with E-state index in [-0.39, 0.29) is 16.9 Å². The smallest absolute Gasteiger partial charge is 0.240 e. The van der Waals surface area contributed by atoms with Gasteiger partial charge in [-0.1, -0.05) is 87.0 Å². The second kappa shape index (κ2) is 11.9. The summed E-state index contributed by atoms with van der Waals surface area (Å²) in [5.41, 5.74) is 5.17. The number of hydrogen-bond donors (Lipinski definition) is 2. The van der Waals surface area contributed by atoms with Crippen LogP contribution in [0.5, 0.6) is 0 Å². The van der Waals surface area contributed by atoms with Crippen molar-refractivity contribution in [2.24, 2.45) is 0 Å². The standard InChI is InChI=1S/C31H31BrClN5O2S/c1-4-31(2,3)23-12-14-24(15-13-23)41(39,40)36-19-22-9-7-8-21(16-22)18-34-29-17-28(25-10-5-6-11-27(25)33)37-30-26(32)20-35-38(29)30/h5-17,20,34,36H,4,18-19H2,1-3H3. The van der Waals surface area contributed by atoms with Crippen LogP contribution in [0.25, 0.3) is 16.9 Å². The Morgan fingerprint density at radius 1 is 0.951 bits per heavy atom. The molecular formula is C31H31BrClN5O2S. The zero-order valence-electron chi connectivity index (χ0n) is 23.0. The van der Waals surface area contributed by atoms with Crippen LogP contribution in [0.1, 0.15) is 43.9 Å². The highest BCUT2D eigenvalue weighted by molar-refractivity contribution is 9.10. The Balaban J connectivity index is 1.30. The second-order valence-corrected chi connectivity index (χ2v) is 13.5. The third-order valence-electron chi connectivity index (χ3n) is 7.34. The maximum Gasteiger partial charge on any atom is 0.240 e. The molecule has 0 aliphatic rings. The molecule has 10 heteroatoms. The molecule has 0 amide bonds. The van der Waals surface area contributed by atoms with Crippen molar-refractivity contribution in [3.05, 3.63) is 111 Å². The lowest BCUT2D eigenvalue weighted by molar-refractivity contribution is 0.505. The van der Waals surface area contributed by atoms with Crippen molar-refractivity contribution < 1.29 is 8.42 Å². The van der Waals surface area contributed by atoms with E-state index in [1.165, 1.54) is 0 Å². The zero-order valence-corrected chi connectivity index (χ0v) is 26.2. The average Bonchev–Trinajstić information content (AvgIpc) is 3.36. The van der Waals surface area contributed by atoms with Gasteiger partial charge in [0.25, 0.3) is 0 Å². The predicted molar refractivity (Wildman–Crippen MR) is 169 cm³/mol. The first kappa shape index (κ1) is 29.3. The molecule has 0 fully saturated rings. The largest absolute Gasteiger partial charge is 0.366 e. The van der Waals surface area contributed by atoms with E-state index in [9.17, 15) is 8.42 Å². The third kappa shape index (κ3) is 6.48. The lowest BCUT2D eigenvalue weighted by Gasteiger charge is -2.23. The van der Waals surface area contributed by atoms with Crippen molar-refractivity contribution in [3.63, 3.8) is 0 Å². The molecule has 7 nitrogen and oxygen atoms in total. The van der Waals surface area contributed by atoms with Gasteiger partial charge >= 0.3 is 0 Å². The molecule has 5 rings (SSSR count). The minimum atomic E-state index is -3.65. The Labute approximate surface area is 254 Å². The van der Waals surface area contributed by atoms with Gasteiger partial charge in [-0.3, -0.25) is 0 Å². The van der Waals surface area contributed by atoms with Crippen molar-refractivity contribution in [3.8, 4) is 11.3 Å². The lowest BCUT2D eigenvalue weighted by Crippen LogP contribution is -2.23. The summed E-state index contributed by atoms with van der Waals surface area (Å²) >= 11 is 9.99. The van der Waals surface area contributed by atoms with Crippen LogP contribution < -0.4 is 10.0 Å². The van der Waals surface area contributed by atoms with Gasteiger partial charge in [0.15, 0.2) is 5.65 Å². The summed E-state index contributed by atoms with van der Waals surface area (Å²) in [6.07, 6.45) is 2.67. The van der Waals surface area contributed by atoms with Gasteiger partial charge in [-0.2, -0.15) is 9.61 Å². The molecule has 2 N–H and O–H groups in total. The van der Waals surface area contributed by atoms with Crippen LogP contribution in [0, 0.1) is 0 Å². The Morgan fingerprint density at radius 3 is 2.37 bits per heavy atom. The molecule has 0 aliphatic carbocycles. The van der Waals surface area contributed by atoms with Gasteiger partial charge in [0.2, 0.25) is 10.0 Å². The third-order valence-corrected chi connectivity index (χ3v) is 9.65. The van der Waals surface area contributed by atoms with E-state index >= 15 is 0 Å². The van der Waals surface area contributed by atoms with Gasteiger partial charge in [0.1, 0.15) is 5.82 Å². The fourth-order valence-electron chi connectivity index (χ4n) is 4.46. The van der Waals surface area contributed by atoms with Crippen LogP contribution in [0.15, 0.2) is 94.4 Å². The number of aromatic nitrogens is 3. The number of halogens is 2. The van der Waals surface area contributed by atoms with E-state index in [2.05, 4.69) is 51.8 Å². The van der Waals surface area contributed by atoms with Gasteiger partial charge in [0.05, 0.1) is 21.3 Å². The number of nitrogens with one attached hydrogen (secondary N) is 2. The molecular weight excluding hydrogens is 622 g/mol. The highest BCUT2D eigenvalue weighted by Crippen LogP contribution is 2.31. The first-order chi connectivity index (χ1) is 19.6. The molecule has 0 saturated carbocycles. The van der Waals surface area contributed by atoms with Crippen LogP contribution in [0.2, 0.25) is 5.02 Å². The van der Waals surface area contributed by atoms with Gasteiger partial charge in [0, 0.05) is 29.7 Å². The van der Waals surface area contributed by atoms with Crippen molar-refractivity contribution in [2.45, 2.75) is 50.6 Å². The summed E-state index contributed by atoms with van der Waals surface area (Å²) in [5, 5.41) is 8.51. The van der Waals surface area contributed by atoms with E-state index in [1.54, 1.807) is 22.8 Å². The van der Waals surface area contributed by atoms with Crippen molar-refractivity contribution in [2.75, 3.05) is 5.32 Å². The zero-order chi connectivity index (χ0) is 29.2. The van der Waals surface area contributed by atoms with Crippen LogP contribution in [0.3, 0.4) is 0 Å². The van der Waals surface area contributed by atoms with E-state index in [1.807, 2.05) is 66.7 Å². The normalized spacial score (nSPS) is 12.1. The van der Waals surface area contributed by atoms with Crippen molar-refractivity contribution in [1.82, 2.24) is 19.3 Å². The van der Waals surface area contributed by atoms with E-state index < -0.39 is 10.0 Å². The van der Waals surface area contributed by atoms with Crippen LogP contribution >= 0.6 is 27.5 Å². The number of rotatable bonds is 10. The maximum atomic E-state index is 13.0. The predicted octanol–water partition coefficient (Wildman–Crippen LogP) is 7.59. The molecule has 212 valence electrons. The quantitative estimate of drug-likeness (QED) is 0.162. The average molecular weight is 653 g/mol. The number of sulfonamides is 1. The molecule has 3 aromatic carbocycles. The lowest BCUT2D eigenvalue weighted by atomic mass is 9.82. The molecule has 41 heavy (non-hydrogen) atoms. The van der Waals surface area contributed by atoms with Gasteiger partial charge < -0.3 is 5.32 Å². The highest BCUT2D eigenvalue weighted by Gasteiger charge is 2.20. The Morgan fingerprint density at radius 2 is 1.66 bits per heavy atom. The van der Waals surface area contributed by atoms with Crippen molar-refractivity contribution >= 4 is 49.0 Å². The first-order valence-electron chi connectivity index (χ1n) is 13.3. The van der Waals surface area contributed by atoms with Gasteiger partial charge in [-0.15, -0.1) is 0 Å². The number of hydrogen-bond acceptors (Lipinski definition) is 5. The Kier molecular flexibility index (Phi) is 8.52. The van der Waals surface area contributed by atoms with E-state index in [0.717, 1.165) is 44.7 Å². The molecule has 2 aromatic heterocycles. The SMILES string of the molecule is CCC(C)(C)c1ccc(S(=O)(=O)NCc2cccc(CNc3cc(-c4ccccc4Cl)nc4c(Br)cnn34)c2)cc1. The summed E-state index contributed by atoms with van der Waals surface area (Å²) in [6.45, 7) is 7.11. The van der Waals surface area contributed by atoms with Gasteiger partial charge in [-0.05, 0) is 62.7 Å². The van der Waals surface area contributed by atoms with Crippen LogP contribution in [0.4, 0.5) is 5.82 Å². The summed E-state index contributed by atoms with van der Waals surface area (Å²) in [7, 11) is -3.65. The van der Waals surface area contributed by atoms with Crippen molar-refractivity contribution in [1.29, 1.82) is 0 Å². The molecule has 0 aliphatic heterocycles. The monoisotopic (exact) mass is 651 g/mol. The number of fused-ring (bicyclic) bond motifs is 1. The topological polar surface area (TPSA) is 88.4 Å². The second-order valence-electron chi connectivity index (χ2n) is 10.5. The molecule has 0 atom stereocenters.